The second kappa shape index (κ2) is 7.93. The zero-order chi connectivity index (χ0) is 20.2. The zero-order valence-electron chi connectivity index (χ0n) is 15.4. The summed E-state index contributed by atoms with van der Waals surface area (Å²) in [4.78, 5) is 46.0. The van der Waals surface area contributed by atoms with Crippen molar-refractivity contribution < 1.29 is 14.4 Å². The maximum Gasteiger partial charge on any atom is 0.262 e. The van der Waals surface area contributed by atoms with Crippen LogP contribution in [0.3, 0.4) is 0 Å². The molecule has 29 heavy (non-hydrogen) atoms. The van der Waals surface area contributed by atoms with Crippen LogP contribution in [-0.4, -0.2) is 56.8 Å². The molecule has 0 fully saturated rings. The molecule has 0 saturated heterocycles. The highest BCUT2D eigenvalue weighted by atomic mass is 16.2. The van der Waals surface area contributed by atoms with E-state index in [4.69, 9.17) is 0 Å². The number of fused-ring (bicyclic) bond motifs is 1. The van der Waals surface area contributed by atoms with Crippen LogP contribution in [-0.2, 0) is 4.79 Å². The van der Waals surface area contributed by atoms with Crippen LogP contribution < -0.4 is 10.6 Å². The van der Waals surface area contributed by atoms with Crippen molar-refractivity contribution >= 4 is 23.5 Å². The van der Waals surface area contributed by atoms with Crippen molar-refractivity contribution in [2.24, 2.45) is 0 Å². The van der Waals surface area contributed by atoms with Crippen molar-refractivity contribution in [2.75, 3.05) is 25.0 Å². The van der Waals surface area contributed by atoms with Crippen molar-refractivity contribution in [3.8, 4) is 5.82 Å². The minimum Gasteiger partial charge on any atom is -0.368 e. The lowest BCUT2D eigenvalue weighted by atomic mass is 10.1. The normalized spacial score (nSPS) is 12.8. The zero-order valence-corrected chi connectivity index (χ0v) is 15.4. The topological polar surface area (TPSA) is 109 Å². The van der Waals surface area contributed by atoms with Gasteiger partial charge in [-0.2, -0.15) is 0 Å². The minimum absolute atomic E-state index is 0.308. The molecule has 0 unspecified atom stereocenters. The van der Waals surface area contributed by atoms with Gasteiger partial charge in [-0.3, -0.25) is 19.3 Å². The molecular weight excluding hydrogens is 372 g/mol. The van der Waals surface area contributed by atoms with Gasteiger partial charge < -0.3 is 15.2 Å². The summed E-state index contributed by atoms with van der Waals surface area (Å²) in [5.74, 6) is 0.0484. The molecule has 0 bridgehead atoms. The van der Waals surface area contributed by atoms with Crippen molar-refractivity contribution in [1.29, 1.82) is 0 Å². The molecule has 1 aliphatic rings. The number of nitrogens with one attached hydrogen (secondary N) is 2. The molecule has 0 atom stereocenters. The Balaban J connectivity index is 1.26. The Morgan fingerprint density at radius 3 is 2.31 bits per heavy atom. The van der Waals surface area contributed by atoms with Gasteiger partial charge in [-0.15, -0.1) is 0 Å². The van der Waals surface area contributed by atoms with Gasteiger partial charge in [0.2, 0.25) is 5.91 Å². The fourth-order valence-corrected chi connectivity index (χ4v) is 3.05. The van der Waals surface area contributed by atoms with E-state index in [1.807, 2.05) is 29.1 Å². The summed E-state index contributed by atoms with van der Waals surface area (Å²) in [5, 5.41) is 5.79. The molecule has 9 heteroatoms. The molecule has 0 saturated carbocycles. The summed E-state index contributed by atoms with van der Waals surface area (Å²) in [6.07, 6.45) is 5.22. The third-order valence-corrected chi connectivity index (χ3v) is 4.45. The molecule has 3 aromatic rings. The van der Waals surface area contributed by atoms with Crippen LogP contribution in [0.15, 0.2) is 61.2 Å². The molecule has 4 rings (SSSR count). The molecule has 2 N–H and O–H groups in total. The first-order chi connectivity index (χ1) is 14.1. The van der Waals surface area contributed by atoms with Gasteiger partial charge in [0.25, 0.3) is 11.8 Å². The molecule has 9 nitrogen and oxygen atoms in total. The molecule has 2 aromatic heterocycles. The van der Waals surface area contributed by atoms with E-state index in [1.165, 1.54) is 6.33 Å². The Morgan fingerprint density at radius 1 is 0.931 bits per heavy atom. The van der Waals surface area contributed by atoms with E-state index in [0.717, 1.165) is 10.7 Å². The Bertz CT molecular complexity index is 1030. The highest BCUT2D eigenvalue weighted by molar-refractivity contribution is 6.22. The van der Waals surface area contributed by atoms with Gasteiger partial charge in [-0.1, -0.05) is 12.1 Å². The number of nitrogens with zero attached hydrogens (tertiary/aromatic N) is 4. The van der Waals surface area contributed by atoms with Crippen LogP contribution in [0.25, 0.3) is 5.82 Å². The summed E-state index contributed by atoms with van der Waals surface area (Å²) < 4.78 is 1.86. The number of aromatic nitrogens is 3. The molecule has 3 heterocycles. The fourth-order valence-electron chi connectivity index (χ4n) is 3.05. The number of hydrogen-bond donors (Lipinski definition) is 2. The quantitative estimate of drug-likeness (QED) is 0.462. The van der Waals surface area contributed by atoms with Crippen molar-refractivity contribution in [2.45, 2.75) is 0 Å². The van der Waals surface area contributed by atoms with E-state index in [2.05, 4.69) is 20.6 Å². The van der Waals surface area contributed by atoms with E-state index in [-0.39, 0.29) is 6.54 Å². The van der Waals surface area contributed by atoms with E-state index in [9.17, 15) is 14.4 Å². The monoisotopic (exact) mass is 390 g/mol. The third-order valence-electron chi connectivity index (χ3n) is 4.45. The average Bonchev–Trinajstić information content (AvgIpc) is 3.36. The van der Waals surface area contributed by atoms with Crippen LogP contribution >= 0.6 is 0 Å². The van der Waals surface area contributed by atoms with Crippen molar-refractivity contribution in [1.82, 2.24) is 24.8 Å². The molecule has 3 amide bonds. The minimum atomic E-state index is -0.447. The summed E-state index contributed by atoms with van der Waals surface area (Å²) >= 11 is 0. The number of carbonyl (C=O) groups excluding carboxylic acids is 3. The summed E-state index contributed by atoms with van der Waals surface area (Å²) in [6.45, 7) is 0.429. The molecule has 0 spiro atoms. The Morgan fingerprint density at radius 2 is 1.62 bits per heavy atom. The second-order valence-electron chi connectivity index (χ2n) is 6.37. The Labute approximate surface area is 166 Å². The van der Waals surface area contributed by atoms with Gasteiger partial charge in [0.1, 0.15) is 24.5 Å². The maximum atomic E-state index is 12.3. The van der Waals surface area contributed by atoms with Crippen molar-refractivity contribution in [3.63, 3.8) is 0 Å². The first kappa shape index (κ1) is 18.4. The second-order valence-corrected chi connectivity index (χ2v) is 6.37. The Hall–Kier alpha value is -4.01. The molecule has 1 aromatic carbocycles. The van der Waals surface area contributed by atoms with Gasteiger partial charge in [0.05, 0.1) is 11.1 Å². The summed E-state index contributed by atoms with van der Waals surface area (Å²) in [5.41, 5.74) is 0.656. The summed E-state index contributed by atoms with van der Waals surface area (Å²) in [6, 6.07) is 12.1. The van der Waals surface area contributed by atoms with Gasteiger partial charge in [-0.05, 0) is 24.3 Å². The average molecular weight is 390 g/mol. The number of amides is 3. The molecule has 1 aliphatic heterocycles. The van der Waals surface area contributed by atoms with Gasteiger partial charge in [0, 0.05) is 31.5 Å². The summed E-state index contributed by atoms with van der Waals surface area (Å²) in [7, 11) is 0. The highest BCUT2D eigenvalue weighted by Gasteiger charge is 2.36. The van der Waals surface area contributed by atoms with Gasteiger partial charge in [0.15, 0.2) is 0 Å². The lowest BCUT2D eigenvalue weighted by Gasteiger charge is -2.14. The number of anilines is 1. The predicted octanol–water partition coefficient (Wildman–Crippen LogP) is 1.09. The first-order valence-electron chi connectivity index (χ1n) is 9.04. The lowest BCUT2D eigenvalue weighted by molar-refractivity contribution is -0.121. The van der Waals surface area contributed by atoms with Crippen LogP contribution in [0.4, 0.5) is 5.82 Å². The first-order valence-corrected chi connectivity index (χ1v) is 9.04. The van der Waals surface area contributed by atoms with Crippen LogP contribution in [0.1, 0.15) is 20.7 Å². The predicted molar refractivity (Wildman–Crippen MR) is 105 cm³/mol. The molecule has 0 aliphatic carbocycles. The van der Waals surface area contributed by atoms with E-state index in [1.54, 1.807) is 30.3 Å². The highest BCUT2D eigenvalue weighted by Crippen LogP contribution is 2.21. The van der Waals surface area contributed by atoms with Gasteiger partial charge >= 0.3 is 0 Å². The third kappa shape index (κ3) is 3.84. The van der Waals surface area contributed by atoms with Crippen molar-refractivity contribution in [3.05, 3.63) is 72.3 Å². The standard InChI is InChI=1S/C20H18N6O3/c27-18(12-26-19(28)14-5-1-2-6-15(14)20(26)29)22-8-7-21-16-11-17(24-13-23-16)25-9-3-4-10-25/h1-6,9-11,13H,7-8,12H2,(H,22,27)(H,21,23,24). The van der Waals surface area contributed by atoms with E-state index in [0.29, 0.717) is 30.0 Å². The molecule has 0 radical (unpaired) electrons. The van der Waals surface area contributed by atoms with Gasteiger partial charge in [-0.25, -0.2) is 9.97 Å². The number of benzene rings is 1. The lowest BCUT2D eigenvalue weighted by Crippen LogP contribution is -2.41. The van der Waals surface area contributed by atoms with E-state index >= 15 is 0 Å². The number of hydrogen-bond acceptors (Lipinski definition) is 6. The van der Waals surface area contributed by atoms with Crippen LogP contribution in [0, 0.1) is 0 Å². The smallest absolute Gasteiger partial charge is 0.262 e. The SMILES string of the molecule is O=C(CN1C(=O)c2ccccc2C1=O)NCCNc1cc(-n2cccc2)ncn1. The maximum absolute atomic E-state index is 12.3. The van der Waals surface area contributed by atoms with E-state index < -0.39 is 17.7 Å². The number of carbonyl (C=O) groups is 3. The fraction of sp³-hybridized carbons (Fsp3) is 0.150. The largest absolute Gasteiger partial charge is 0.368 e. The number of rotatable bonds is 7. The number of imide groups is 1. The van der Waals surface area contributed by atoms with Crippen LogP contribution in [0.5, 0.6) is 0 Å². The molecule has 146 valence electrons. The Kier molecular flexibility index (Phi) is 5.02. The molecular formula is C20H18N6O3. The van der Waals surface area contributed by atoms with Crippen LogP contribution in [0.2, 0.25) is 0 Å².